The third kappa shape index (κ3) is 4.94. The molecule has 0 aliphatic heterocycles. The molecule has 2 aromatic rings. The Balaban J connectivity index is 1.58. The number of aryl methyl sites for hydroxylation is 1. The number of hydrazone groups is 1. The predicted octanol–water partition coefficient (Wildman–Crippen LogP) is 3.41. The summed E-state index contributed by atoms with van der Waals surface area (Å²) in [5.41, 5.74) is 6.60. The fraction of sp³-hybridized carbons (Fsp3) is 0.286. The Morgan fingerprint density at radius 2 is 1.89 bits per heavy atom. The summed E-state index contributed by atoms with van der Waals surface area (Å²) in [6.07, 6.45) is 4.46. The summed E-state index contributed by atoms with van der Waals surface area (Å²) in [7, 11) is 0. The molecule has 0 spiro atoms. The molecule has 3 N–H and O–H groups in total. The Bertz CT molecular complexity index is 890. The molecule has 140 valence electrons. The van der Waals surface area contributed by atoms with Crippen molar-refractivity contribution in [3.63, 3.8) is 0 Å². The number of nitrogens with one attached hydrogen (secondary N) is 2. The van der Waals surface area contributed by atoms with Crippen LogP contribution in [0.25, 0.3) is 0 Å². The minimum atomic E-state index is -0.442. The van der Waals surface area contributed by atoms with Gasteiger partial charge in [-0.15, -0.1) is 0 Å². The third-order valence-electron chi connectivity index (χ3n) is 4.54. The molecule has 2 amide bonds. The zero-order valence-corrected chi connectivity index (χ0v) is 15.3. The number of aromatic hydroxyl groups is 1. The summed E-state index contributed by atoms with van der Waals surface area (Å²) in [5, 5.41) is 16.4. The molecular formula is C21H23N3O3. The van der Waals surface area contributed by atoms with Crippen LogP contribution >= 0.6 is 0 Å². The van der Waals surface area contributed by atoms with Gasteiger partial charge >= 0.3 is 0 Å². The van der Waals surface area contributed by atoms with Crippen molar-refractivity contribution in [2.24, 2.45) is 5.10 Å². The molecule has 0 saturated heterocycles. The number of nitrogens with zero attached hydrogens (tertiary/aromatic N) is 1. The van der Waals surface area contributed by atoms with Gasteiger partial charge < -0.3 is 10.4 Å². The molecule has 1 aliphatic rings. The number of carbonyl (C=O) groups excluding carboxylic acids is 2. The maximum absolute atomic E-state index is 12.3. The van der Waals surface area contributed by atoms with Gasteiger partial charge in [-0.2, -0.15) is 5.10 Å². The van der Waals surface area contributed by atoms with Crippen molar-refractivity contribution in [3.05, 3.63) is 59.2 Å². The van der Waals surface area contributed by atoms with Crippen LogP contribution in [0.1, 0.15) is 47.7 Å². The molecule has 0 saturated carbocycles. The maximum Gasteiger partial charge on any atom is 0.271 e. The van der Waals surface area contributed by atoms with E-state index in [-0.39, 0.29) is 18.1 Å². The molecule has 3 rings (SSSR count). The van der Waals surface area contributed by atoms with Crippen molar-refractivity contribution in [2.75, 3.05) is 5.32 Å². The van der Waals surface area contributed by atoms with Gasteiger partial charge in [-0.05, 0) is 68.0 Å². The van der Waals surface area contributed by atoms with E-state index in [2.05, 4.69) is 21.9 Å². The zero-order chi connectivity index (χ0) is 19.2. The van der Waals surface area contributed by atoms with Gasteiger partial charge in [0.05, 0.1) is 6.42 Å². The number of amides is 2. The summed E-state index contributed by atoms with van der Waals surface area (Å²) in [6, 6.07) is 12.0. The molecule has 0 heterocycles. The quantitative estimate of drug-likeness (QED) is 0.560. The summed E-state index contributed by atoms with van der Waals surface area (Å²) in [4.78, 5) is 24.3. The van der Waals surface area contributed by atoms with Gasteiger partial charge in [-0.25, -0.2) is 5.43 Å². The first-order valence-corrected chi connectivity index (χ1v) is 9.06. The topological polar surface area (TPSA) is 90.8 Å². The van der Waals surface area contributed by atoms with Gasteiger partial charge in [0.1, 0.15) is 5.75 Å². The fourth-order valence-electron chi connectivity index (χ4n) is 3.22. The minimum absolute atomic E-state index is 0.00826. The number of benzene rings is 2. The lowest BCUT2D eigenvalue weighted by Crippen LogP contribution is -2.22. The van der Waals surface area contributed by atoms with Crippen molar-refractivity contribution in [3.8, 4) is 5.75 Å². The average Bonchev–Trinajstić information content (AvgIpc) is 2.66. The van der Waals surface area contributed by atoms with Crippen LogP contribution in [0, 0.1) is 0 Å². The lowest BCUT2D eigenvalue weighted by atomic mass is 9.90. The van der Waals surface area contributed by atoms with Crippen molar-refractivity contribution in [1.29, 1.82) is 0 Å². The van der Waals surface area contributed by atoms with Crippen LogP contribution in [-0.2, 0) is 17.6 Å². The van der Waals surface area contributed by atoms with Crippen LogP contribution in [0.15, 0.2) is 47.6 Å². The highest BCUT2D eigenvalue weighted by molar-refractivity contribution is 6.06. The predicted molar refractivity (Wildman–Crippen MR) is 105 cm³/mol. The van der Waals surface area contributed by atoms with Crippen LogP contribution < -0.4 is 10.7 Å². The SMILES string of the molecule is C/C(CC(=O)Nc1cccc2c1CCCC2)=N/NC(=O)c1cccc(O)c1. The number of fused-ring (bicyclic) bond motifs is 1. The van der Waals surface area contributed by atoms with E-state index in [0.29, 0.717) is 11.3 Å². The van der Waals surface area contributed by atoms with Crippen LogP contribution in [0.3, 0.4) is 0 Å². The summed E-state index contributed by atoms with van der Waals surface area (Å²) < 4.78 is 0. The maximum atomic E-state index is 12.3. The monoisotopic (exact) mass is 365 g/mol. The van der Waals surface area contributed by atoms with Crippen molar-refractivity contribution < 1.29 is 14.7 Å². The molecule has 2 aromatic carbocycles. The van der Waals surface area contributed by atoms with E-state index in [4.69, 9.17) is 0 Å². The molecule has 6 heteroatoms. The summed E-state index contributed by atoms with van der Waals surface area (Å²) >= 11 is 0. The number of hydrogen-bond acceptors (Lipinski definition) is 4. The van der Waals surface area contributed by atoms with Gasteiger partial charge in [0.2, 0.25) is 5.91 Å². The number of phenolic OH excluding ortho intramolecular Hbond substituents is 1. The molecular weight excluding hydrogens is 342 g/mol. The smallest absolute Gasteiger partial charge is 0.271 e. The molecule has 0 unspecified atom stereocenters. The molecule has 0 aromatic heterocycles. The zero-order valence-electron chi connectivity index (χ0n) is 15.3. The van der Waals surface area contributed by atoms with E-state index >= 15 is 0 Å². The molecule has 0 atom stereocenters. The lowest BCUT2D eigenvalue weighted by Gasteiger charge is -2.19. The normalized spacial score (nSPS) is 13.6. The van der Waals surface area contributed by atoms with E-state index in [0.717, 1.165) is 24.9 Å². The van der Waals surface area contributed by atoms with Gasteiger partial charge in [0.25, 0.3) is 5.91 Å². The van der Waals surface area contributed by atoms with Gasteiger partial charge in [0.15, 0.2) is 0 Å². The molecule has 27 heavy (non-hydrogen) atoms. The van der Waals surface area contributed by atoms with E-state index in [9.17, 15) is 14.7 Å². The van der Waals surface area contributed by atoms with Crippen LogP contribution in [-0.4, -0.2) is 22.6 Å². The highest BCUT2D eigenvalue weighted by Crippen LogP contribution is 2.27. The van der Waals surface area contributed by atoms with E-state index in [1.165, 1.54) is 29.7 Å². The van der Waals surface area contributed by atoms with Gasteiger partial charge in [-0.1, -0.05) is 18.2 Å². The average molecular weight is 365 g/mol. The molecule has 0 bridgehead atoms. The Kier molecular flexibility index (Phi) is 5.86. The molecule has 0 radical (unpaired) electrons. The van der Waals surface area contributed by atoms with Crippen LogP contribution in [0.4, 0.5) is 5.69 Å². The lowest BCUT2D eigenvalue weighted by molar-refractivity contribution is -0.115. The van der Waals surface area contributed by atoms with Crippen LogP contribution in [0.2, 0.25) is 0 Å². The Morgan fingerprint density at radius 1 is 1.11 bits per heavy atom. The first kappa shape index (κ1) is 18.6. The summed E-state index contributed by atoms with van der Waals surface area (Å²) in [6.45, 7) is 1.68. The van der Waals surface area contributed by atoms with E-state index < -0.39 is 5.91 Å². The number of phenols is 1. The van der Waals surface area contributed by atoms with Gasteiger partial charge in [-0.3, -0.25) is 9.59 Å². The number of rotatable bonds is 5. The van der Waals surface area contributed by atoms with Crippen LogP contribution in [0.5, 0.6) is 5.75 Å². The molecule has 6 nitrogen and oxygen atoms in total. The highest BCUT2D eigenvalue weighted by Gasteiger charge is 2.15. The standard InChI is InChI=1S/C21H23N3O3/c1-14(23-24-21(27)16-8-4-9-17(25)13-16)12-20(26)22-19-11-5-7-15-6-2-3-10-18(15)19/h4-5,7-9,11,13,25H,2-3,6,10,12H2,1H3,(H,22,26)(H,24,27)/b23-14-. The number of anilines is 1. The highest BCUT2D eigenvalue weighted by atomic mass is 16.3. The number of carbonyl (C=O) groups is 2. The van der Waals surface area contributed by atoms with Crippen molar-refractivity contribution >= 4 is 23.2 Å². The fourth-order valence-corrected chi connectivity index (χ4v) is 3.22. The first-order valence-electron chi connectivity index (χ1n) is 9.06. The van der Waals surface area contributed by atoms with Crippen molar-refractivity contribution in [1.82, 2.24) is 5.43 Å². The second kappa shape index (κ2) is 8.49. The van der Waals surface area contributed by atoms with E-state index in [1.54, 1.807) is 19.1 Å². The number of hydrogen-bond donors (Lipinski definition) is 3. The Morgan fingerprint density at radius 3 is 2.70 bits per heavy atom. The van der Waals surface area contributed by atoms with Gasteiger partial charge in [0, 0.05) is 17.0 Å². The van der Waals surface area contributed by atoms with E-state index in [1.807, 2.05) is 12.1 Å². The Hall–Kier alpha value is -3.15. The first-order chi connectivity index (χ1) is 13.0. The largest absolute Gasteiger partial charge is 0.508 e. The van der Waals surface area contributed by atoms with Crippen molar-refractivity contribution in [2.45, 2.75) is 39.0 Å². The second-order valence-corrected chi connectivity index (χ2v) is 6.71. The molecule has 1 aliphatic carbocycles. The molecule has 0 fully saturated rings. The summed E-state index contributed by atoms with van der Waals surface area (Å²) in [5.74, 6) is -0.599. The second-order valence-electron chi connectivity index (χ2n) is 6.71. The third-order valence-corrected chi connectivity index (χ3v) is 4.54. The Labute approximate surface area is 158 Å². The minimum Gasteiger partial charge on any atom is -0.508 e.